The quantitative estimate of drug-likeness (QED) is 0.320. The lowest BCUT2D eigenvalue weighted by Crippen LogP contribution is -2.10. The zero-order chi connectivity index (χ0) is 23.5. The van der Waals surface area contributed by atoms with Crippen LogP contribution in [0.1, 0.15) is 25.0 Å². The van der Waals surface area contributed by atoms with E-state index in [1.165, 1.54) is 6.08 Å². The second kappa shape index (κ2) is 9.28. The third-order valence-corrected chi connectivity index (χ3v) is 5.30. The van der Waals surface area contributed by atoms with E-state index in [4.69, 9.17) is 9.15 Å². The van der Waals surface area contributed by atoms with E-state index in [2.05, 4.69) is 5.32 Å². The molecule has 33 heavy (non-hydrogen) atoms. The van der Waals surface area contributed by atoms with Crippen LogP contribution in [0.25, 0.3) is 27.7 Å². The van der Waals surface area contributed by atoms with Gasteiger partial charge in [0.25, 0.3) is 0 Å². The number of allylic oxidation sites excluding steroid dienone is 1. The van der Waals surface area contributed by atoms with E-state index in [0.29, 0.717) is 29.1 Å². The molecule has 0 saturated carbocycles. The lowest BCUT2D eigenvalue weighted by molar-refractivity contribution is -0.111. The van der Waals surface area contributed by atoms with Crippen LogP contribution >= 0.6 is 0 Å². The summed E-state index contributed by atoms with van der Waals surface area (Å²) in [5.74, 6) is -1.37. The number of carbonyl (C=O) groups is 1. The van der Waals surface area contributed by atoms with Gasteiger partial charge < -0.3 is 14.5 Å². The molecule has 0 saturated heterocycles. The maximum absolute atomic E-state index is 13.9. The average molecular weight is 447 g/mol. The van der Waals surface area contributed by atoms with Gasteiger partial charge in [0.15, 0.2) is 0 Å². The Kier molecular flexibility index (Phi) is 6.27. The summed E-state index contributed by atoms with van der Waals surface area (Å²) in [6.07, 6.45) is 3.03. The number of amides is 1. The highest BCUT2D eigenvalue weighted by Gasteiger charge is 2.16. The minimum absolute atomic E-state index is 0.221. The number of nitrogens with one attached hydrogen (secondary N) is 1. The van der Waals surface area contributed by atoms with Crippen LogP contribution < -0.4 is 10.1 Å². The van der Waals surface area contributed by atoms with E-state index >= 15 is 0 Å². The first-order valence-electron chi connectivity index (χ1n) is 10.6. The van der Waals surface area contributed by atoms with Crippen molar-refractivity contribution < 1.29 is 22.7 Å². The highest BCUT2D eigenvalue weighted by molar-refractivity contribution is 6.05. The predicted molar refractivity (Wildman–Crippen MR) is 126 cm³/mol. The summed E-state index contributed by atoms with van der Waals surface area (Å²) in [4.78, 5) is 12.5. The van der Waals surface area contributed by atoms with Crippen molar-refractivity contribution >= 4 is 28.1 Å². The van der Waals surface area contributed by atoms with Crippen LogP contribution in [0.3, 0.4) is 0 Å². The van der Waals surface area contributed by atoms with Crippen LogP contribution in [-0.2, 0) is 4.79 Å². The largest absolute Gasteiger partial charge is 0.493 e. The van der Waals surface area contributed by atoms with E-state index in [1.54, 1.807) is 19.3 Å². The molecule has 1 amide bonds. The van der Waals surface area contributed by atoms with Gasteiger partial charge in [0, 0.05) is 34.7 Å². The van der Waals surface area contributed by atoms with E-state index in [9.17, 15) is 13.6 Å². The number of ether oxygens (including phenoxy) is 1. The summed E-state index contributed by atoms with van der Waals surface area (Å²) in [5, 5.41) is 3.26. The Morgan fingerprint density at radius 3 is 2.58 bits per heavy atom. The normalized spacial score (nSPS) is 11.6. The van der Waals surface area contributed by atoms with Gasteiger partial charge in [0.2, 0.25) is 5.91 Å². The Morgan fingerprint density at radius 2 is 1.85 bits per heavy atom. The Balaban J connectivity index is 1.73. The molecule has 4 rings (SSSR count). The van der Waals surface area contributed by atoms with Crippen molar-refractivity contribution in [1.29, 1.82) is 0 Å². The van der Waals surface area contributed by atoms with Gasteiger partial charge in [-0.05, 0) is 50.1 Å². The fourth-order valence-electron chi connectivity index (χ4n) is 3.63. The number of benzene rings is 3. The number of carbonyl (C=O) groups excluding carboxylic acids is 1. The molecule has 1 heterocycles. The number of rotatable bonds is 6. The predicted octanol–water partition coefficient (Wildman–Crippen LogP) is 7.13. The molecular formula is C27H23F2NO3. The SMILES string of the molecule is CCOc1cc2occ(-c3ccc(C)cc3)c2cc1/C(C)=C/C(=O)Nc1cc(F)ccc1F. The molecule has 0 aliphatic rings. The number of hydrogen-bond donors (Lipinski definition) is 1. The second-order valence-corrected chi connectivity index (χ2v) is 7.73. The van der Waals surface area contributed by atoms with Crippen LogP contribution in [0.5, 0.6) is 5.75 Å². The minimum atomic E-state index is -0.714. The Bertz CT molecular complexity index is 1350. The molecule has 0 fully saturated rings. The van der Waals surface area contributed by atoms with Crippen molar-refractivity contribution in [2.45, 2.75) is 20.8 Å². The second-order valence-electron chi connectivity index (χ2n) is 7.73. The highest BCUT2D eigenvalue weighted by Crippen LogP contribution is 2.37. The molecule has 1 N–H and O–H groups in total. The van der Waals surface area contributed by atoms with Gasteiger partial charge in [-0.2, -0.15) is 0 Å². The van der Waals surface area contributed by atoms with Crippen LogP contribution in [0.15, 0.2) is 71.4 Å². The third-order valence-electron chi connectivity index (χ3n) is 5.30. The molecule has 0 aliphatic heterocycles. The summed E-state index contributed by atoms with van der Waals surface area (Å²) < 4.78 is 38.9. The number of halogens is 2. The van der Waals surface area contributed by atoms with Crippen molar-refractivity contribution in [1.82, 2.24) is 0 Å². The van der Waals surface area contributed by atoms with Crippen LogP contribution in [0.2, 0.25) is 0 Å². The van der Waals surface area contributed by atoms with E-state index in [-0.39, 0.29) is 5.69 Å². The molecule has 168 valence electrons. The van der Waals surface area contributed by atoms with Gasteiger partial charge in [0.05, 0.1) is 18.6 Å². The minimum Gasteiger partial charge on any atom is -0.493 e. The van der Waals surface area contributed by atoms with E-state index in [0.717, 1.165) is 40.3 Å². The molecule has 3 aromatic carbocycles. The fraction of sp³-hybridized carbons (Fsp3) is 0.148. The van der Waals surface area contributed by atoms with Gasteiger partial charge in [-0.1, -0.05) is 29.8 Å². The molecule has 0 spiro atoms. The van der Waals surface area contributed by atoms with Crippen molar-refractivity contribution in [3.8, 4) is 16.9 Å². The first-order valence-corrected chi connectivity index (χ1v) is 10.6. The standard InChI is InChI=1S/C27H23F2NO3/c1-4-32-25-14-26-21(22(15-33-26)18-7-5-16(2)6-8-18)13-20(25)17(3)11-27(31)30-24-12-19(28)9-10-23(24)29/h5-15H,4H2,1-3H3,(H,30,31)/b17-11+. The summed E-state index contributed by atoms with van der Waals surface area (Å²) in [6.45, 7) is 6.08. The number of fused-ring (bicyclic) bond motifs is 1. The number of aryl methyl sites for hydroxylation is 1. The van der Waals surface area contributed by atoms with Crippen LogP contribution in [0, 0.1) is 18.6 Å². The van der Waals surface area contributed by atoms with E-state index < -0.39 is 17.5 Å². The molecule has 0 aliphatic carbocycles. The molecule has 1 aromatic heterocycles. The molecule has 4 nitrogen and oxygen atoms in total. The Labute approximate surface area is 190 Å². The van der Waals surface area contributed by atoms with E-state index in [1.807, 2.05) is 44.2 Å². The maximum atomic E-state index is 13.9. The zero-order valence-electron chi connectivity index (χ0n) is 18.5. The van der Waals surface area contributed by atoms with Crippen molar-refractivity contribution in [2.75, 3.05) is 11.9 Å². The number of hydrogen-bond acceptors (Lipinski definition) is 3. The third kappa shape index (κ3) is 4.80. The zero-order valence-corrected chi connectivity index (χ0v) is 18.5. The fourth-order valence-corrected chi connectivity index (χ4v) is 3.63. The molecule has 0 radical (unpaired) electrons. The van der Waals surface area contributed by atoms with Gasteiger partial charge in [-0.15, -0.1) is 0 Å². The number of furan rings is 1. The maximum Gasteiger partial charge on any atom is 0.248 e. The molecule has 4 aromatic rings. The Morgan fingerprint density at radius 1 is 1.09 bits per heavy atom. The molecule has 0 bridgehead atoms. The Hall–Kier alpha value is -3.93. The van der Waals surface area contributed by atoms with Crippen LogP contribution in [0.4, 0.5) is 14.5 Å². The number of anilines is 1. The summed E-state index contributed by atoms with van der Waals surface area (Å²) in [5.41, 5.74) is 4.84. The topological polar surface area (TPSA) is 51.5 Å². The molecule has 0 unspecified atom stereocenters. The van der Waals surface area contributed by atoms with Crippen molar-refractivity contribution in [3.05, 3.63) is 89.7 Å². The van der Waals surface area contributed by atoms with Gasteiger partial charge >= 0.3 is 0 Å². The monoisotopic (exact) mass is 447 g/mol. The average Bonchev–Trinajstić information content (AvgIpc) is 3.19. The lowest BCUT2D eigenvalue weighted by Gasteiger charge is -2.12. The van der Waals surface area contributed by atoms with Gasteiger partial charge in [-0.3, -0.25) is 4.79 Å². The van der Waals surface area contributed by atoms with Crippen molar-refractivity contribution in [3.63, 3.8) is 0 Å². The first-order chi connectivity index (χ1) is 15.9. The summed E-state index contributed by atoms with van der Waals surface area (Å²) >= 11 is 0. The lowest BCUT2D eigenvalue weighted by atomic mass is 9.98. The summed E-state index contributed by atoms with van der Waals surface area (Å²) in [7, 11) is 0. The van der Waals surface area contributed by atoms with Gasteiger partial charge in [-0.25, -0.2) is 8.78 Å². The van der Waals surface area contributed by atoms with Crippen LogP contribution in [-0.4, -0.2) is 12.5 Å². The van der Waals surface area contributed by atoms with Gasteiger partial charge in [0.1, 0.15) is 23.0 Å². The van der Waals surface area contributed by atoms with Crippen molar-refractivity contribution in [2.24, 2.45) is 0 Å². The highest BCUT2D eigenvalue weighted by atomic mass is 19.1. The first kappa shape index (κ1) is 22.3. The smallest absolute Gasteiger partial charge is 0.248 e. The summed E-state index contributed by atoms with van der Waals surface area (Å²) in [6, 6.07) is 14.7. The molecule has 0 atom stereocenters. The molecule has 6 heteroatoms. The molecular weight excluding hydrogens is 424 g/mol.